The number of benzene rings is 2. The van der Waals surface area contributed by atoms with Crippen LogP contribution >= 0.6 is 17.0 Å². The maximum atomic E-state index is 15.4. The van der Waals surface area contributed by atoms with Crippen molar-refractivity contribution in [3.05, 3.63) is 52.6 Å². The number of imidazole rings is 1. The van der Waals surface area contributed by atoms with E-state index in [1.54, 1.807) is 42.9 Å². The molecule has 2 aromatic carbocycles. The summed E-state index contributed by atoms with van der Waals surface area (Å²) in [6, 6.07) is 5.18. The molecule has 3 aromatic rings. The van der Waals surface area contributed by atoms with Crippen LogP contribution in [0.5, 0.6) is 11.5 Å². The molecule has 4 rings (SSSR count). The average Bonchev–Trinajstić information content (AvgIpc) is 3.35. The fraction of sp³-hybridized carbons (Fsp3) is 0.407. The number of aromatic nitrogens is 2. The van der Waals surface area contributed by atoms with E-state index in [0.717, 1.165) is 5.56 Å². The molecule has 3 N–H and O–H groups in total. The minimum Gasteiger partial charge on any atom is -0.490 e. The molecule has 9 nitrogen and oxygen atoms in total. The van der Waals surface area contributed by atoms with Crippen LogP contribution in [0, 0.1) is 11.2 Å². The summed E-state index contributed by atoms with van der Waals surface area (Å²) in [6.07, 6.45) is 1.54. The Hall–Kier alpha value is -3.47. The molecule has 1 aliphatic heterocycles. The topological polar surface area (TPSA) is 124 Å². The number of nitrogens with two attached hydrogens (primary N) is 1. The normalized spacial score (nSPS) is 12.9. The summed E-state index contributed by atoms with van der Waals surface area (Å²) in [5.74, 6) is -1.24. The zero-order chi connectivity index (χ0) is 27.1. The van der Waals surface area contributed by atoms with Gasteiger partial charge in [-0.3, -0.25) is 15.0 Å². The predicted octanol–water partition coefficient (Wildman–Crippen LogP) is 4.36. The number of nitrogens with zero attached hydrogens (tertiary/aromatic N) is 3. The number of amides is 1. The van der Waals surface area contributed by atoms with Gasteiger partial charge in [0, 0.05) is 12.1 Å². The van der Waals surface area contributed by atoms with Crippen molar-refractivity contribution in [3.63, 3.8) is 0 Å². The van der Waals surface area contributed by atoms with Gasteiger partial charge in [-0.2, -0.15) is 0 Å². The van der Waals surface area contributed by atoms with E-state index in [1.807, 2.05) is 20.8 Å². The van der Waals surface area contributed by atoms with Crippen LogP contribution in [0.25, 0.3) is 11.0 Å². The van der Waals surface area contributed by atoms with E-state index in [9.17, 15) is 9.59 Å². The summed E-state index contributed by atoms with van der Waals surface area (Å²) in [4.78, 5) is 31.1. The second-order valence-corrected chi connectivity index (χ2v) is 10.0. The van der Waals surface area contributed by atoms with E-state index in [0.29, 0.717) is 28.8 Å². The van der Waals surface area contributed by atoms with Gasteiger partial charge in [0.05, 0.1) is 42.7 Å². The molecule has 0 radical (unpaired) electrons. The lowest BCUT2D eigenvalue weighted by molar-refractivity contribution is -0.118. The number of halogens is 2. The highest BCUT2D eigenvalue weighted by atomic mass is 79.9. The number of hydrogen-bond acceptors (Lipinski definition) is 6. The summed E-state index contributed by atoms with van der Waals surface area (Å²) in [7, 11) is 0. The van der Waals surface area contributed by atoms with Crippen molar-refractivity contribution in [1.29, 1.82) is 5.41 Å². The number of amidine groups is 1. The molecule has 0 saturated heterocycles. The van der Waals surface area contributed by atoms with Gasteiger partial charge >= 0.3 is 0 Å². The highest BCUT2D eigenvalue weighted by Gasteiger charge is 2.33. The van der Waals surface area contributed by atoms with E-state index in [-0.39, 0.29) is 77.3 Å². The van der Waals surface area contributed by atoms with Crippen molar-refractivity contribution in [2.45, 2.75) is 53.1 Å². The smallest absolute Gasteiger partial charge is 0.237 e. The molecule has 1 amide bonds. The molecule has 2 heterocycles. The first-order valence-corrected chi connectivity index (χ1v) is 12.2. The Morgan fingerprint density at radius 1 is 1.13 bits per heavy atom. The van der Waals surface area contributed by atoms with Crippen LogP contribution in [0.1, 0.15) is 61.7 Å². The van der Waals surface area contributed by atoms with Crippen molar-refractivity contribution in [2.75, 3.05) is 19.8 Å². The predicted molar refractivity (Wildman–Crippen MR) is 148 cm³/mol. The molecule has 0 atom stereocenters. The number of carbonyl (C=O) groups is 2. The van der Waals surface area contributed by atoms with Gasteiger partial charge in [-0.15, -0.1) is 17.0 Å². The zero-order valence-electron chi connectivity index (χ0n) is 22.2. The summed E-state index contributed by atoms with van der Waals surface area (Å²) in [5.41, 5.74) is 8.34. The standard InChI is InChI=1S/C27H32FN5O4.BrH/c1-6-36-20-10-16-11-32(26(30)22(16)23(28)25(20)37-7-2)12-19(34)15-8-17(27(3,4)5)24-18(9-15)33(14-31-24)13-21(29)35;/h8-10,14,30H,6-7,11-13H2,1-5H3,(H2,29,35);1H. The molecule has 0 fully saturated rings. The van der Waals surface area contributed by atoms with E-state index in [2.05, 4.69) is 4.98 Å². The lowest BCUT2D eigenvalue weighted by Crippen LogP contribution is -2.30. The first-order valence-electron chi connectivity index (χ1n) is 12.2. The van der Waals surface area contributed by atoms with Crippen LogP contribution in [-0.4, -0.2) is 51.7 Å². The number of ketones is 1. The number of fused-ring (bicyclic) bond motifs is 2. The number of Topliss-reactive ketones (excluding diaryl/α,β-unsaturated/α-hetero) is 1. The molecule has 1 aliphatic rings. The second-order valence-electron chi connectivity index (χ2n) is 10.0. The van der Waals surface area contributed by atoms with Gasteiger partial charge in [0.25, 0.3) is 0 Å². The number of hydrogen-bond donors (Lipinski definition) is 2. The van der Waals surface area contributed by atoms with Crippen molar-refractivity contribution in [2.24, 2.45) is 5.73 Å². The molecule has 0 saturated carbocycles. The summed E-state index contributed by atoms with van der Waals surface area (Å²) in [6.45, 7) is 10.2. The van der Waals surface area contributed by atoms with E-state index >= 15 is 4.39 Å². The second kappa shape index (κ2) is 11.1. The number of primary amides is 1. The van der Waals surface area contributed by atoms with Crippen molar-refractivity contribution in [3.8, 4) is 11.5 Å². The van der Waals surface area contributed by atoms with Gasteiger partial charge in [0.2, 0.25) is 5.91 Å². The van der Waals surface area contributed by atoms with Crippen LogP contribution in [0.4, 0.5) is 4.39 Å². The molecule has 11 heteroatoms. The molecular formula is C27H33BrFN5O4. The largest absolute Gasteiger partial charge is 0.490 e. The van der Waals surface area contributed by atoms with Crippen molar-refractivity contribution < 1.29 is 23.5 Å². The zero-order valence-corrected chi connectivity index (χ0v) is 23.9. The third-order valence-electron chi connectivity index (χ3n) is 6.29. The Labute approximate surface area is 231 Å². The van der Waals surface area contributed by atoms with E-state index < -0.39 is 11.7 Å². The molecular weight excluding hydrogens is 557 g/mol. The fourth-order valence-electron chi connectivity index (χ4n) is 4.61. The van der Waals surface area contributed by atoms with Crippen LogP contribution in [0.2, 0.25) is 0 Å². The van der Waals surface area contributed by atoms with Gasteiger partial charge in [-0.1, -0.05) is 20.8 Å². The van der Waals surface area contributed by atoms with Gasteiger partial charge in [0.15, 0.2) is 23.1 Å². The Morgan fingerprint density at radius 3 is 2.42 bits per heavy atom. The molecule has 0 bridgehead atoms. The first kappa shape index (κ1) is 29.1. The van der Waals surface area contributed by atoms with Crippen molar-refractivity contribution >= 4 is 45.5 Å². The maximum Gasteiger partial charge on any atom is 0.237 e. The lowest BCUT2D eigenvalue weighted by atomic mass is 9.84. The Kier molecular flexibility index (Phi) is 8.50. The van der Waals surface area contributed by atoms with Crippen LogP contribution in [0.15, 0.2) is 24.5 Å². The van der Waals surface area contributed by atoms with Gasteiger partial charge < -0.3 is 24.7 Å². The summed E-state index contributed by atoms with van der Waals surface area (Å²) >= 11 is 0. The van der Waals surface area contributed by atoms with Gasteiger partial charge in [0.1, 0.15) is 12.4 Å². The maximum absolute atomic E-state index is 15.4. The monoisotopic (exact) mass is 589 g/mol. The number of rotatable bonds is 9. The number of nitrogens with one attached hydrogen (secondary N) is 1. The fourth-order valence-corrected chi connectivity index (χ4v) is 4.61. The molecule has 0 unspecified atom stereocenters. The Balaban J connectivity index is 0.00000400. The van der Waals surface area contributed by atoms with Crippen LogP contribution < -0.4 is 15.2 Å². The van der Waals surface area contributed by atoms with Crippen LogP contribution in [-0.2, 0) is 23.3 Å². The molecule has 0 spiro atoms. The molecule has 1 aromatic heterocycles. The minimum absolute atomic E-state index is 0. The van der Waals surface area contributed by atoms with Crippen LogP contribution in [0.3, 0.4) is 0 Å². The molecule has 204 valence electrons. The lowest BCUT2D eigenvalue weighted by Gasteiger charge is -2.22. The molecule has 0 aliphatic carbocycles. The van der Waals surface area contributed by atoms with E-state index in [1.165, 1.54) is 4.90 Å². The Bertz CT molecular complexity index is 1410. The van der Waals surface area contributed by atoms with Gasteiger partial charge in [-0.05, 0) is 48.6 Å². The highest BCUT2D eigenvalue weighted by Crippen LogP contribution is 2.39. The summed E-state index contributed by atoms with van der Waals surface area (Å²) < 4.78 is 28.1. The third kappa shape index (κ3) is 5.38. The number of ether oxygens (including phenoxy) is 2. The highest BCUT2D eigenvalue weighted by molar-refractivity contribution is 8.93. The quantitative estimate of drug-likeness (QED) is 0.357. The Morgan fingerprint density at radius 2 is 1.82 bits per heavy atom. The third-order valence-corrected chi connectivity index (χ3v) is 6.29. The first-order chi connectivity index (χ1) is 17.5. The summed E-state index contributed by atoms with van der Waals surface area (Å²) in [5, 5.41) is 8.62. The SMILES string of the molecule is Br.CCOc1cc2c(c(F)c1OCC)C(=N)N(CC(=O)c1cc(C(C)(C)C)c3ncn(CC(N)=O)c3c1)C2. The minimum atomic E-state index is -0.658. The van der Waals surface area contributed by atoms with Crippen molar-refractivity contribution in [1.82, 2.24) is 14.5 Å². The average molecular weight is 590 g/mol. The number of carbonyl (C=O) groups excluding carboxylic acids is 2. The van der Waals surface area contributed by atoms with E-state index in [4.69, 9.17) is 20.6 Å². The van der Waals surface area contributed by atoms with Gasteiger partial charge in [-0.25, -0.2) is 9.37 Å². The molecule has 38 heavy (non-hydrogen) atoms.